The van der Waals surface area contributed by atoms with Gasteiger partial charge in [-0.1, -0.05) is 35.9 Å². The van der Waals surface area contributed by atoms with Gasteiger partial charge in [0, 0.05) is 12.4 Å². The molecule has 5 rings (SSSR count). The van der Waals surface area contributed by atoms with Gasteiger partial charge in [0.1, 0.15) is 11.4 Å². The molecule has 1 atom stereocenters. The molecule has 3 N–H and O–H groups in total. The summed E-state index contributed by atoms with van der Waals surface area (Å²) in [6.45, 7) is 1.74. The molecule has 0 aliphatic heterocycles. The highest BCUT2D eigenvalue weighted by Gasteiger charge is 2.24. The van der Waals surface area contributed by atoms with Crippen LogP contribution in [0.15, 0.2) is 71.8 Å². The number of carbonyl (C=O) groups excluding carboxylic acids is 1. The first-order valence-electron chi connectivity index (χ1n) is 10.1. The van der Waals surface area contributed by atoms with Crippen molar-refractivity contribution in [2.45, 2.75) is 13.0 Å². The Morgan fingerprint density at radius 2 is 1.91 bits per heavy atom. The molecule has 5 aromatic rings. The third-order valence-electron chi connectivity index (χ3n) is 5.27. The third kappa shape index (κ3) is 3.48. The Labute approximate surface area is 192 Å². The number of benzene rings is 2. The molecule has 0 saturated heterocycles. The van der Waals surface area contributed by atoms with E-state index in [2.05, 4.69) is 20.4 Å². The highest BCUT2D eigenvalue weighted by Crippen LogP contribution is 2.23. The highest BCUT2D eigenvalue weighted by atomic mass is 35.5. The molecule has 0 bridgehead atoms. The standard InChI is InChI=1S/C23H18ClN7O2/c1-13(27-22(32)18-19(25)29-30-12-6-11-26-21(18)30)20-28-16-10-5-9-15(24)17(16)23(33)31(20)14-7-3-2-4-8-14/h2-13H,1H3,(H2,25,29)(H,27,32). The van der Waals surface area contributed by atoms with E-state index in [9.17, 15) is 9.59 Å². The largest absolute Gasteiger partial charge is 0.381 e. The van der Waals surface area contributed by atoms with Crippen LogP contribution in [0.3, 0.4) is 0 Å². The van der Waals surface area contributed by atoms with Gasteiger partial charge in [-0.15, -0.1) is 5.10 Å². The topological polar surface area (TPSA) is 120 Å². The summed E-state index contributed by atoms with van der Waals surface area (Å²) in [7, 11) is 0. The van der Waals surface area contributed by atoms with Crippen molar-refractivity contribution in [3.05, 3.63) is 93.8 Å². The van der Waals surface area contributed by atoms with Crippen molar-refractivity contribution in [3.63, 3.8) is 0 Å². The summed E-state index contributed by atoms with van der Waals surface area (Å²) in [6, 6.07) is 15.2. The minimum absolute atomic E-state index is 0.0529. The Kier molecular flexibility index (Phi) is 5.02. The van der Waals surface area contributed by atoms with Crippen molar-refractivity contribution >= 4 is 39.9 Å². The van der Waals surface area contributed by atoms with E-state index in [1.807, 2.05) is 18.2 Å². The van der Waals surface area contributed by atoms with Gasteiger partial charge in [0.05, 0.1) is 27.7 Å². The number of nitrogen functional groups attached to an aromatic ring is 1. The molecule has 0 aliphatic rings. The monoisotopic (exact) mass is 459 g/mol. The van der Waals surface area contributed by atoms with E-state index in [1.54, 1.807) is 55.7 Å². The van der Waals surface area contributed by atoms with Gasteiger partial charge in [0.25, 0.3) is 11.5 Å². The summed E-state index contributed by atoms with van der Waals surface area (Å²) >= 11 is 6.33. The van der Waals surface area contributed by atoms with Gasteiger partial charge in [-0.2, -0.15) is 0 Å². The van der Waals surface area contributed by atoms with E-state index < -0.39 is 11.9 Å². The lowest BCUT2D eigenvalue weighted by Crippen LogP contribution is -2.33. The number of anilines is 1. The zero-order valence-corrected chi connectivity index (χ0v) is 18.2. The predicted octanol–water partition coefficient (Wildman–Crippen LogP) is 3.16. The number of hydrogen-bond donors (Lipinski definition) is 2. The van der Waals surface area contributed by atoms with Crippen molar-refractivity contribution in [2.24, 2.45) is 0 Å². The molecule has 0 saturated carbocycles. The van der Waals surface area contributed by atoms with Crippen molar-refractivity contribution in [2.75, 3.05) is 5.73 Å². The number of rotatable bonds is 4. The molecular weight excluding hydrogens is 442 g/mol. The lowest BCUT2D eigenvalue weighted by atomic mass is 10.2. The molecule has 3 heterocycles. The van der Waals surface area contributed by atoms with Crippen molar-refractivity contribution in [1.82, 2.24) is 29.5 Å². The Morgan fingerprint density at radius 1 is 1.12 bits per heavy atom. The predicted molar refractivity (Wildman–Crippen MR) is 126 cm³/mol. The van der Waals surface area contributed by atoms with Crippen LogP contribution in [0.2, 0.25) is 5.02 Å². The average Bonchev–Trinajstić information content (AvgIpc) is 3.15. The summed E-state index contributed by atoms with van der Waals surface area (Å²) in [5, 5.41) is 7.63. The van der Waals surface area contributed by atoms with Crippen LogP contribution in [0.4, 0.5) is 5.82 Å². The minimum Gasteiger partial charge on any atom is -0.381 e. The molecule has 0 spiro atoms. The van der Waals surface area contributed by atoms with Crippen LogP contribution in [0, 0.1) is 0 Å². The smallest absolute Gasteiger partial charge is 0.267 e. The van der Waals surface area contributed by atoms with E-state index in [-0.39, 0.29) is 16.9 Å². The molecule has 1 unspecified atom stereocenters. The average molecular weight is 460 g/mol. The molecule has 0 radical (unpaired) electrons. The van der Waals surface area contributed by atoms with E-state index >= 15 is 0 Å². The number of para-hydroxylation sites is 1. The molecule has 2 aromatic carbocycles. The number of nitrogens with zero attached hydrogens (tertiary/aromatic N) is 5. The fourth-order valence-electron chi connectivity index (χ4n) is 3.78. The van der Waals surface area contributed by atoms with Crippen LogP contribution in [0.25, 0.3) is 22.2 Å². The third-order valence-corrected chi connectivity index (χ3v) is 5.59. The first kappa shape index (κ1) is 20.7. The van der Waals surface area contributed by atoms with Crippen molar-refractivity contribution in [1.29, 1.82) is 0 Å². The minimum atomic E-state index is -0.660. The van der Waals surface area contributed by atoms with Crippen molar-refractivity contribution in [3.8, 4) is 5.69 Å². The first-order valence-corrected chi connectivity index (χ1v) is 10.5. The first-order chi connectivity index (χ1) is 16.0. The van der Waals surface area contributed by atoms with E-state index in [1.165, 1.54) is 9.08 Å². The number of nitrogens with two attached hydrogens (primary N) is 1. The van der Waals surface area contributed by atoms with Crippen LogP contribution in [0.5, 0.6) is 0 Å². The van der Waals surface area contributed by atoms with Gasteiger partial charge >= 0.3 is 0 Å². The summed E-state index contributed by atoms with van der Waals surface area (Å²) in [6.07, 6.45) is 3.21. The maximum Gasteiger partial charge on any atom is 0.267 e. The molecule has 1 amide bonds. The van der Waals surface area contributed by atoms with Crippen LogP contribution in [-0.4, -0.2) is 30.1 Å². The fourth-order valence-corrected chi connectivity index (χ4v) is 4.03. The van der Waals surface area contributed by atoms with Crippen LogP contribution in [-0.2, 0) is 0 Å². The van der Waals surface area contributed by atoms with Gasteiger partial charge in [0.15, 0.2) is 11.5 Å². The Hall–Kier alpha value is -4.24. The lowest BCUT2D eigenvalue weighted by molar-refractivity contribution is 0.0940. The summed E-state index contributed by atoms with van der Waals surface area (Å²) in [5.41, 5.74) is 7.18. The molecule has 0 fully saturated rings. The van der Waals surface area contributed by atoms with Gasteiger partial charge in [0.2, 0.25) is 0 Å². The van der Waals surface area contributed by atoms with Gasteiger partial charge in [-0.05, 0) is 37.3 Å². The molecule has 3 aromatic heterocycles. The maximum atomic E-state index is 13.5. The maximum absolute atomic E-state index is 13.5. The molecule has 9 nitrogen and oxygen atoms in total. The fraction of sp³-hybridized carbons (Fsp3) is 0.0870. The van der Waals surface area contributed by atoms with E-state index in [4.69, 9.17) is 17.3 Å². The van der Waals surface area contributed by atoms with E-state index in [0.29, 0.717) is 33.1 Å². The summed E-state index contributed by atoms with van der Waals surface area (Å²) in [4.78, 5) is 35.6. The molecular formula is C23H18ClN7O2. The quantitative estimate of drug-likeness (QED) is 0.426. The molecule has 10 heteroatoms. The second-order valence-electron chi connectivity index (χ2n) is 7.42. The SMILES string of the molecule is CC(NC(=O)c1c(N)nn2cccnc12)c1nc2cccc(Cl)c2c(=O)n1-c1ccccc1. The van der Waals surface area contributed by atoms with Gasteiger partial charge in [-0.3, -0.25) is 14.2 Å². The number of carbonyl (C=O) groups is 1. The Bertz CT molecular complexity index is 1580. The Balaban J connectivity index is 1.64. The van der Waals surface area contributed by atoms with Crippen LogP contribution in [0.1, 0.15) is 29.1 Å². The number of halogens is 1. The van der Waals surface area contributed by atoms with E-state index in [0.717, 1.165) is 0 Å². The second kappa shape index (κ2) is 8.03. The normalized spacial score (nSPS) is 12.2. The number of fused-ring (bicyclic) bond motifs is 2. The van der Waals surface area contributed by atoms with Crippen LogP contribution >= 0.6 is 11.6 Å². The molecule has 33 heavy (non-hydrogen) atoms. The lowest BCUT2D eigenvalue weighted by Gasteiger charge is -2.20. The number of nitrogens with one attached hydrogen (secondary N) is 1. The summed E-state index contributed by atoms with van der Waals surface area (Å²) < 4.78 is 2.89. The van der Waals surface area contributed by atoms with Gasteiger partial charge < -0.3 is 11.1 Å². The van der Waals surface area contributed by atoms with Crippen LogP contribution < -0.4 is 16.6 Å². The zero-order valence-electron chi connectivity index (χ0n) is 17.4. The number of aromatic nitrogens is 5. The highest BCUT2D eigenvalue weighted by molar-refractivity contribution is 6.35. The molecule has 164 valence electrons. The van der Waals surface area contributed by atoms with Gasteiger partial charge in [-0.25, -0.2) is 14.5 Å². The summed E-state index contributed by atoms with van der Waals surface area (Å²) in [5.74, 6) is -0.0804. The Morgan fingerprint density at radius 3 is 2.70 bits per heavy atom. The number of hydrogen-bond acceptors (Lipinski definition) is 6. The van der Waals surface area contributed by atoms with Crippen molar-refractivity contribution < 1.29 is 4.79 Å². The molecule has 0 aliphatic carbocycles. The number of amides is 1. The second-order valence-corrected chi connectivity index (χ2v) is 7.83. The zero-order chi connectivity index (χ0) is 23.1.